The highest BCUT2D eigenvalue weighted by atomic mass is 35.5. The minimum absolute atomic E-state index is 0. The van der Waals surface area contributed by atoms with Gasteiger partial charge in [-0.25, -0.2) is 0 Å². The number of hydrogen-bond donors (Lipinski definition) is 1. The average Bonchev–Trinajstić information content (AvgIpc) is 3.29. The maximum atomic E-state index is 3.46. The summed E-state index contributed by atoms with van der Waals surface area (Å²) in [4.78, 5) is 5.34. The predicted molar refractivity (Wildman–Crippen MR) is 93.8 cm³/mol. The molecule has 0 spiro atoms. The van der Waals surface area contributed by atoms with Gasteiger partial charge in [0.25, 0.3) is 0 Å². The van der Waals surface area contributed by atoms with Gasteiger partial charge in [0.05, 0.1) is 0 Å². The number of piperazine rings is 1. The number of nitrogens with zero attached hydrogens (tertiary/aromatic N) is 2. The summed E-state index contributed by atoms with van der Waals surface area (Å²) in [6.45, 7) is 8.46. The van der Waals surface area contributed by atoms with Crippen molar-refractivity contribution in [3.05, 3.63) is 35.4 Å². The number of rotatable bonds is 4. The summed E-state index contributed by atoms with van der Waals surface area (Å²) in [6, 6.07) is 10.1. The Balaban J connectivity index is 0.00000144. The smallest absolute Gasteiger partial charge is 0.0236 e. The lowest BCUT2D eigenvalue weighted by Crippen LogP contribution is -2.49. The third-order valence-electron chi connectivity index (χ3n) is 5.32. The quantitative estimate of drug-likeness (QED) is 0.919. The zero-order valence-electron chi connectivity index (χ0n) is 13.3. The van der Waals surface area contributed by atoms with Crippen molar-refractivity contribution in [2.75, 3.05) is 39.3 Å². The normalized spacial score (nSPS) is 26.8. The van der Waals surface area contributed by atoms with Crippen molar-refractivity contribution in [2.24, 2.45) is 0 Å². The van der Waals surface area contributed by atoms with Crippen molar-refractivity contribution in [1.29, 1.82) is 0 Å². The van der Waals surface area contributed by atoms with Crippen molar-refractivity contribution >= 4 is 12.4 Å². The molecular weight excluding hydrogens is 294 g/mol. The molecule has 122 valence electrons. The molecule has 3 nitrogen and oxygen atoms in total. The number of nitrogens with one attached hydrogen (secondary N) is 1. The summed E-state index contributed by atoms with van der Waals surface area (Å²) in [6.07, 6.45) is 4.15. The highest BCUT2D eigenvalue weighted by molar-refractivity contribution is 5.85. The van der Waals surface area contributed by atoms with E-state index in [1.54, 1.807) is 5.56 Å². The van der Waals surface area contributed by atoms with Crippen LogP contribution in [0.5, 0.6) is 0 Å². The first kappa shape index (κ1) is 16.3. The molecule has 0 bridgehead atoms. The first-order chi connectivity index (χ1) is 10.4. The zero-order valence-corrected chi connectivity index (χ0v) is 14.2. The number of hydrogen-bond acceptors (Lipinski definition) is 3. The molecule has 22 heavy (non-hydrogen) atoms. The fourth-order valence-corrected chi connectivity index (χ4v) is 3.92. The lowest BCUT2D eigenvalue weighted by Gasteiger charge is -2.32. The van der Waals surface area contributed by atoms with Gasteiger partial charge < -0.3 is 5.32 Å². The van der Waals surface area contributed by atoms with Gasteiger partial charge in [0.1, 0.15) is 0 Å². The van der Waals surface area contributed by atoms with E-state index < -0.39 is 0 Å². The second-order valence-corrected chi connectivity index (χ2v) is 6.98. The van der Waals surface area contributed by atoms with Gasteiger partial charge in [0.2, 0.25) is 0 Å². The van der Waals surface area contributed by atoms with E-state index in [0.29, 0.717) is 0 Å². The van der Waals surface area contributed by atoms with Crippen molar-refractivity contribution in [1.82, 2.24) is 15.1 Å². The van der Waals surface area contributed by atoms with E-state index in [9.17, 15) is 0 Å². The third-order valence-corrected chi connectivity index (χ3v) is 5.32. The Morgan fingerprint density at radius 1 is 1.05 bits per heavy atom. The summed E-state index contributed by atoms with van der Waals surface area (Å²) in [5.74, 6) is 0.872. The Bertz CT molecular complexity index is 483. The summed E-state index contributed by atoms with van der Waals surface area (Å²) < 4.78 is 0. The molecule has 3 aliphatic rings. The van der Waals surface area contributed by atoms with Gasteiger partial charge in [0, 0.05) is 51.9 Å². The maximum absolute atomic E-state index is 3.46. The molecule has 1 N–H and O–H groups in total. The van der Waals surface area contributed by atoms with Crippen LogP contribution in [0, 0.1) is 0 Å². The molecule has 2 aliphatic heterocycles. The Labute approximate surface area is 140 Å². The van der Waals surface area contributed by atoms with E-state index in [0.717, 1.165) is 18.5 Å². The molecule has 1 aromatic carbocycles. The summed E-state index contributed by atoms with van der Waals surface area (Å²) in [7, 11) is 0. The molecule has 1 unspecified atom stereocenters. The molecule has 1 aliphatic carbocycles. The molecule has 4 heteroatoms. The van der Waals surface area contributed by atoms with Crippen molar-refractivity contribution in [2.45, 2.75) is 37.8 Å². The van der Waals surface area contributed by atoms with Crippen molar-refractivity contribution in [3.63, 3.8) is 0 Å². The van der Waals surface area contributed by atoms with Crippen LogP contribution in [0.2, 0.25) is 0 Å². The molecule has 0 radical (unpaired) electrons. The molecule has 1 atom stereocenters. The highest BCUT2D eigenvalue weighted by Gasteiger charge is 2.28. The minimum Gasteiger partial charge on any atom is -0.314 e. The van der Waals surface area contributed by atoms with E-state index in [2.05, 4.69) is 39.4 Å². The first-order valence-corrected chi connectivity index (χ1v) is 8.64. The lowest BCUT2D eigenvalue weighted by molar-refractivity contribution is 0.170. The topological polar surface area (TPSA) is 18.5 Å². The molecule has 1 aromatic rings. The Morgan fingerprint density at radius 2 is 1.86 bits per heavy atom. The van der Waals surface area contributed by atoms with Crippen LogP contribution in [0.4, 0.5) is 0 Å². The molecule has 0 amide bonds. The van der Waals surface area contributed by atoms with Crippen LogP contribution >= 0.6 is 12.4 Å². The van der Waals surface area contributed by atoms with E-state index in [1.807, 2.05) is 0 Å². The minimum atomic E-state index is 0. The number of halogens is 1. The third kappa shape index (κ3) is 3.83. The monoisotopic (exact) mass is 321 g/mol. The van der Waals surface area contributed by atoms with Crippen LogP contribution in [-0.4, -0.2) is 55.1 Å². The maximum Gasteiger partial charge on any atom is 0.0236 e. The van der Waals surface area contributed by atoms with E-state index in [-0.39, 0.29) is 12.4 Å². The van der Waals surface area contributed by atoms with E-state index in [4.69, 9.17) is 0 Å². The largest absolute Gasteiger partial charge is 0.314 e. The Morgan fingerprint density at radius 3 is 2.64 bits per heavy atom. The van der Waals surface area contributed by atoms with Crippen LogP contribution in [0.3, 0.4) is 0 Å². The van der Waals surface area contributed by atoms with Crippen LogP contribution in [0.1, 0.15) is 36.3 Å². The van der Waals surface area contributed by atoms with Gasteiger partial charge in [-0.05, 0) is 36.3 Å². The van der Waals surface area contributed by atoms with E-state index >= 15 is 0 Å². The SMILES string of the molecule is Cl.c1cc(CN2CCC(N3CCNCC3)C2)cc(C2CC2)c1. The lowest BCUT2D eigenvalue weighted by atomic mass is 10.1. The number of benzene rings is 1. The van der Waals surface area contributed by atoms with Crippen molar-refractivity contribution < 1.29 is 0 Å². The molecule has 4 rings (SSSR count). The second-order valence-electron chi connectivity index (χ2n) is 6.98. The van der Waals surface area contributed by atoms with E-state index in [1.165, 1.54) is 64.1 Å². The van der Waals surface area contributed by atoms with Gasteiger partial charge in [0.15, 0.2) is 0 Å². The molecule has 0 aromatic heterocycles. The van der Waals surface area contributed by atoms with Gasteiger partial charge in [-0.15, -0.1) is 12.4 Å². The van der Waals surface area contributed by atoms with Gasteiger partial charge in [-0.1, -0.05) is 24.3 Å². The molecule has 2 heterocycles. The van der Waals surface area contributed by atoms with Crippen molar-refractivity contribution in [3.8, 4) is 0 Å². The zero-order chi connectivity index (χ0) is 14.1. The molecule has 1 saturated carbocycles. The molecular formula is C18H28ClN3. The molecule has 3 fully saturated rings. The van der Waals surface area contributed by atoms with Crippen LogP contribution in [0.25, 0.3) is 0 Å². The van der Waals surface area contributed by atoms with Gasteiger partial charge in [-0.3, -0.25) is 9.80 Å². The first-order valence-electron chi connectivity index (χ1n) is 8.64. The summed E-state index contributed by atoms with van der Waals surface area (Å²) in [5, 5.41) is 3.46. The summed E-state index contributed by atoms with van der Waals surface area (Å²) in [5.41, 5.74) is 3.09. The highest BCUT2D eigenvalue weighted by Crippen LogP contribution is 2.40. The van der Waals surface area contributed by atoms with Gasteiger partial charge >= 0.3 is 0 Å². The van der Waals surface area contributed by atoms with Gasteiger partial charge in [-0.2, -0.15) is 0 Å². The van der Waals surface area contributed by atoms with Crippen LogP contribution in [-0.2, 0) is 6.54 Å². The Kier molecular flexibility index (Phi) is 5.40. The second kappa shape index (κ2) is 7.31. The standard InChI is InChI=1S/C18H27N3.ClH/c1-2-15(12-17(3-1)16-4-5-16)13-20-9-6-18(14-20)21-10-7-19-8-11-21;/h1-3,12,16,18-19H,4-11,13-14H2;1H. The predicted octanol–water partition coefficient (Wildman–Crippen LogP) is 2.47. The summed E-state index contributed by atoms with van der Waals surface area (Å²) >= 11 is 0. The average molecular weight is 322 g/mol. The van der Waals surface area contributed by atoms with Crippen LogP contribution < -0.4 is 5.32 Å². The number of likely N-dealkylation sites (tertiary alicyclic amines) is 1. The fourth-order valence-electron chi connectivity index (χ4n) is 3.92. The Hall–Kier alpha value is -0.610. The van der Waals surface area contributed by atoms with Crippen LogP contribution in [0.15, 0.2) is 24.3 Å². The fraction of sp³-hybridized carbons (Fsp3) is 0.667. The molecule has 2 saturated heterocycles.